The van der Waals surface area contributed by atoms with Gasteiger partial charge in [0.2, 0.25) is 0 Å². The molecule has 0 atom stereocenters. The molecular formula is C15H12N2. The molecule has 0 radical (unpaired) electrons. The average molecular weight is 220 g/mol. The van der Waals surface area contributed by atoms with Crippen LogP contribution in [-0.2, 0) is 0 Å². The van der Waals surface area contributed by atoms with E-state index in [2.05, 4.69) is 46.4 Å². The van der Waals surface area contributed by atoms with Crippen LogP contribution in [-0.4, -0.2) is 9.97 Å². The Labute approximate surface area is 100.0 Å². The molecule has 3 aromatic rings. The fourth-order valence-electron chi connectivity index (χ4n) is 1.95. The van der Waals surface area contributed by atoms with Gasteiger partial charge in [-0.25, -0.2) is 4.98 Å². The van der Waals surface area contributed by atoms with Crippen molar-refractivity contribution < 1.29 is 0 Å². The van der Waals surface area contributed by atoms with E-state index in [1.807, 2.05) is 13.0 Å². The second-order valence-corrected chi connectivity index (χ2v) is 4.11. The monoisotopic (exact) mass is 220 g/mol. The molecule has 2 heteroatoms. The zero-order chi connectivity index (χ0) is 11.7. The first-order valence-corrected chi connectivity index (χ1v) is 5.61. The summed E-state index contributed by atoms with van der Waals surface area (Å²) in [7, 11) is 0. The lowest BCUT2D eigenvalue weighted by molar-refractivity contribution is 1.12. The lowest BCUT2D eigenvalue weighted by atomic mass is 10.1. The van der Waals surface area contributed by atoms with Gasteiger partial charge in [0.1, 0.15) is 0 Å². The Bertz CT molecular complexity index is 674. The van der Waals surface area contributed by atoms with Crippen LogP contribution in [0.25, 0.3) is 22.0 Å². The maximum Gasteiger partial charge on any atom is 0.0888 e. The third-order valence-corrected chi connectivity index (χ3v) is 2.80. The summed E-state index contributed by atoms with van der Waals surface area (Å²) >= 11 is 0. The predicted molar refractivity (Wildman–Crippen MR) is 69.7 cm³/mol. The standard InChI is InChI=1S/C15H12N2/c1-11-9-16-10-15(17-11)14-7-6-12-4-2-3-5-13(12)8-14/h2-10H,1H3. The van der Waals surface area contributed by atoms with Crippen LogP contribution in [0.5, 0.6) is 0 Å². The van der Waals surface area contributed by atoms with Crippen molar-refractivity contribution in [2.24, 2.45) is 0 Å². The lowest BCUT2D eigenvalue weighted by Gasteiger charge is -2.03. The molecule has 0 aliphatic heterocycles. The summed E-state index contributed by atoms with van der Waals surface area (Å²) in [4.78, 5) is 8.67. The van der Waals surface area contributed by atoms with Crippen molar-refractivity contribution in [3.05, 3.63) is 60.6 Å². The predicted octanol–water partition coefficient (Wildman–Crippen LogP) is 3.61. The van der Waals surface area contributed by atoms with Gasteiger partial charge in [-0.2, -0.15) is 0 Å². The van der Waals surface area contributed by atoms with E-state index in [0.717, 1.165) is 17.0 Å². The van der Waals surface area contributed by atoms with Gasteiger partial charge in [0.15, 0.2) is 0 Å². The molecule has 0 bridgehead atoms. The zero-order valence-electron chi connectivity index (χ0n) is 9.59. The molecule has 82 valence electrons. The molecule has 0 saturated carbocycles. The molecular weight excluding hydrogens is 208 g/mol. The van der Waals surface area contributed by atoms with Crippen molar-refractivity contribution in [3.63, 3.8) is 0 Å². The van der Waals surface area contributed by atoms with Crippen LogP contribution in [0.3, 0.4) is 0 Å². The van der Waals surface area contributed by atoms with Crippen LogP contribution in [0.2, 0.25) is 0 Å². The van der Waals surface area contributed by atoms with Crippen molar-refractivity contribution in [1.82, 2.24) is 9.97 Å². The van der Waals surface area contributed by atoms with Gasteiger partial charge in [-0.1, -0.05) is 36.4 Å². The Hall–Kier alpha value is -2.22. The number of benzene rings is 2. The first-order chi connectivity index (χ1) is 8.33. The minimum atomic E-state index is 0.927. The molecule has 1 heterocycles. The summed E-state index contributed by atoms with van der Waals surface area (Å²) in [6, 6.07) is 14.7. The molecule has 2 nitrogen and oxygen atoms in total. The Balaban J connectivity index is 2.18. The SMILES string of the molecule is Cc1cncc(-c2ccc3ccccc3c2)n1. The highest BCUT2D eigenvalue weighted by Crippen LogP contribution is 2.22. The van der Waals surface area contributed by atoms with Gasteiger partial charge < -0.3 is 0 Å². The Morgan fingerprint density at radius 2 is 1.71 bits per heavy atom. The summed E-state index contributed by atoms with van der Waals surface area (Å²) in [5, 5.41) is 2.48. The van der Waals surface area contributed by atoms with Gasteiger partial charge in [0.25, 0.3) is 0 Å². The number of rotatable bonds is 1. The summed E-state index contributed by atoms with van der Waals surface area (Å²) in [5.41, 5.74) is 2.98. The fraction of sp³-hybridized carbons (Fsp3) is 0.0667. The molecule has 0 aliphatic rings. The molecule has 0 fully saturated rings. The summed E-state index contributed by atoms with van der Waals surface area (Å²) in [6.07, 6.45) is 3.57. The maximum absolute atomic E-state index is 4.49. The first-order valence-electron chi connectivity index (χ1n) is 5.61. The van der Waals surface area contributed by atoms with Gasteiger partial charge in [0.05, 0.1) is 17.6 Å². The Morgan fingerprint density at radius 3 is 2.53 bits per heavy atom. The van der Waals surface area contributed by atoms with E-state index in [1.165, 1.54) is 10.8 Å². The van der Waals surface area contributed by atoms with Crippen molar-refractivity contribution in [2.75, 3.05) is 0 Å². The van der Waals surface area contributed by atoms with E-state index in [9.17, 15) is 0 Å². The van der Waals surface area contributed by atoms with E-state index < -0.39 is 0 Å². The second kappa shape index (κ2) is 3.98. The van der Waals surface area contributed by atoms with E-state index in [4.69, 9.17) is 0 Å². The molecule has 17 heavy (non-hydrogen) atoms. The van der Waals surface area contributed by atoms with Crippen molar-refractivity contribution in [3.8, 4) is 11.3 Å². The van der Waals surface area contributed by atoms with E-state index >= 15 is 0 Å². The van der Waals surface area contributed by atoms with Gasteiger partial charge >= 0.3 is 0 Å². The molecule has 0 aliphatic carbocycles. The Kier molecular flexibility index (Phi) is 2.33. The average Bonchev–Trinajstić information content (AvgIpc) is 2.38. The smallest absolute Gasteiger partial charge is 0.0888 e. The Morgan fingerprint density at radius 1 is 0.882 bits per heavy atom. The third kappa shape index (κ3) is 1.89. The number of fused-ring (bicyclic) bond motifs is 1. The van der Waals surface area contributed by atoms with Crippen molar-refractivity contribution in [1.29, 1.82) is 0 Å². The van der Waals surface area contributed by atoms with Crippen LogP contribution < -0.4 is 0 Å². The highest BCUT2D eigenvalue weighted by molar-refractivity contribution is 5.86. The van der Waals surface area contributed by atoms with E-state index in [-0.39, 0.29) is 0 Å². The number of hydrogen-bond donors (Lipinski definition) is 0. The fourth-order valence-corrected chi connectivity index (χ4v) is 1.95. The van der Waals surface area contributed by atoms with Crippen LogP contribution in [0.1, 0.15) is 5.69 Å². The van der Waals surface area contributed by atoms with Crippen LogP contribution in [0.15, 0.2) is 54.9 Å². The third-order valence-electron chi connectivity index (χ3n) is 2.80. The number of aryl methyl sites for hydroxylation is 1. The molecule has 2 aromatic carbocycles. The summed E-state index contributed by atoms with van der Waals surface area (Å²) < 4.78 is 0. The highest BCUT2D eigenvalue weighted by Gasteiger charge is 2.01. The normalized spacial score (nSPS) is 10.6. The van der Waals surface area contributed by atoms with Crippen LogP contribution >= 0.6 is 0 Å². The first kappa shape index (κ1) is 9.97. The van der Waals surface area contributed by atoms with E-state index in [0.29, 0.717) is 0 Å². The molecule has 3 rings (SSSR count). The minimum Gasteiger partial charge on any atom is -0.261 e. The maximum atomic E-state index is 4.49. The molecule has 0 N–H and O–H groups in total. The largest absolute Gasteiger partial charge is 0.261 e. The molecule has 1 aromatic heterocycles. The molecule has 0 amide bonds. The van der Waals surface area contributed by atoms with Crippen LogP contribution in [0, 0.1) is 6.92 Å². The molecule has 0 unspecified atom stereocenters. The van der Waals surface area contributed by atoms with E-state index in [1.54, 1.807) is 12.4 Å². The topological polar surface area (TPSA) is 25.8 Å². The zero-order valence-corrected chi connectivity index (χ0v) is 9.59. The summed E-state index contributed by atoms with van der Waals surface area (Å²) in [5.74, 6) is 0. The van der Waals surface area contributed by atoms with Gasteiger partial charge in [-0.05, 0) is 23.8 Å². The number of nitrogens with zero attached hydrogens (tertiary/aromatic N) is 2. The highest BCUT2D eigenvalue weighted by atomic mass is 14.8. The number of aromatic nitrogens is 2. The molecule has 0 saturated heterocycles. The lowest BCUT2D eigenvalue weighted by Crippen LogP contribution is -1.88. The van der Waals surface area contributed by atoms with Crippen molar-refractivity contribution in [2.45, 2.75) is 6.92 Å². The van der Waals surface area contributed by atoms with Gasteiger partial charge in [-0.15, -0.1) is 0 Å². The second-order valence-electron chi connectivity index (χ2n) is 4.11. The van der Waals surface area contributed by atoms with Gasteiger partial charge in [0, 0.05) is 11.8 Å². The molecule has 0 spiro atoms. The quantitative estimate of drug-likeness (QED) is 0.626. The number of hydrogen-bond acceptors (Lipinski definition) is 2. The minimum absolute atomic E-state index is 0.927. The summed E-state index contributed by atoms with van der Waals surface area (Å²) in [6.45, 7) is 1.96. The van der Waals surface area contributed by atoms with Crippen molar-refractivity contribution >= 4 is 10.8 Å². The van der Waals surface area contributed by atoms with Gasteiger partial charge in [-0.3, -0.25) is 4.98 Å². The van der Waals surface area contributed by atoms with Crippen LogP contribution in [0.4, 0.5) is 0 Å².